The first-order valence-electron chi connectivity index (χ1n) is 3.59. The fourth-order valence-corrected chi connectivity index (χ4v) is 0.723. The molecule has 0 amide bonds. The lowest BCUT2D eigenvalue weighted by molar-refractivity contribution is 0.215. The van der Waals surface area contributed by atoms with E-state index in [1.807, 2.05) is 0 Å². The fourth-order valence-electron chi connectivity index (χ4n) is 0.723. The lowest BCUT2D eigenvalue weighted by Crippen LogP contribution is -2.03. The van der Waals surface area contributed by atoms with Crippen LogP contribution in [0.25, 0.3) is 0 Å². The Labute approximate surface area is 61.5 Å². The van der Waals surface area contributed by atoms with Gasteiger partial charge in [-0.2, -0.15) is 5.26 Å². The van der Waals surface area contributed by atoms with Crippen LogP contribution < -0.4 is 5.73 Å². The predicted octanol–water partition coefficient (Wildman–Crippen LogP) is 0.390. The van der Waals surface area contributed by atoms with Gasteiger partial charge in [-0.3, -0.25) is 0 Å². The first-order chi connectivity index (χ1) is 4.81. The van der Waals surface area contributed by atoms with Crippen molar-refractivity contribution in [3.05, 3.63) is 0 Å². The molecule has 0 aromatic rings. The van der Waals surface area contributed by atoms with Gasteiger partial charge in [0.2, 0.25) is 0 Å². The van der Waals surface area contributed by atoms with Gasteiger partial charge in [0, 0.05) is 0 Å². The average Bonchev–Trinajstić information content (AvgIpc) is 1.98. The molecule has 58 valence electrons. The maximum atomic E-state index is 8.76. The molecule has 10 heavy (non-hydrogen) atoms. The molecule has 0 radical (unpaired) electrons. The molecule has 0 saturated heterocycles. The number of hydrogen-bond donors (Lipinski definition) is 2. The minimum absolute atomic E-state index is 0.580. The molecule has 0 spiro atoms. The summed E-state index contributed by atoms with van der Waals surface area (Å²) in [7, 11) is 0. The molecule has 0 aliphatic carbocycles. The van der Waals surface area contributed by atoms with E-state index >= 15 is 0 Å². The van der Waals surface area contributed by atoms with Gasteiger partial charge < -0.3 is 10.8 Å². The molecule has 0 fully saturated rings. The molecular formula is C7H14N2O. The minimum Gasteiger partial charge on any atom is -0.378 e. The van der Waals surface area contributed by atoms with Gasteiger partial charge in [-0.05, 0) is 25.8 Å². The van der Waals surface area contributed by atoms with Crippen molar-refractivity contribution in [3.8, 4) is 6.07 Å². The number of hydrogen-bond acceptors (Lipinski definition) is 3. The van der Waals surface area contributed by atoms with E-state index in [-0.39, 0.29) is 0 Å². The SMILES string of the molecule is N#CC(O)CCCCCN. The molecule has 0 rings (SSSR count). The Bertz CT molecular complexity index is 109. The summed E-state index contributed by atoms with van der Waals surface area (Å²) < 4.78 is 0. The Hall–Kier alpha value is -0.590. The zero-order valence-electron chi connectivity index (χ0n) is 6.08. The summed E-state index contributed by atoms with van der Waals surface area (Å²) in [6.45, 7) is 0.697. The summed E-state index contributed by atoms with van der Waals surface area (Å²) in [5.74, 6) is 0. The molecular weight excluding hydrogens is 128 g/mol. The van der Waals surface area contributed by atoms with E-state index in [9.17, 15) is 0 Å². The van der Waals surface area contributed by atoms with E-state index in [0.717, 1.165) is 19.3 Å². The molecule has 3 heteroatoms. The van der Waals surface area contributed by atoms with E-state index in [4.69, 9.17) is 16.1 Å². The number of nitrogens with zero attached hydrogens (tertiary/aromatic N) is 1. The molecule has 0 saturated carbocycles. The summed E-state index contributed by atoms with van der Waals surface area (Å²) in [5, 5.41) is 16.9. The highest BCUT2D eigenvalue weighted by molar-refractivity contribution is 4.81. The number of rotatable bonds is 5. The third kappa shape index (κ3) is 5.54. The van der Waals surface area contributed by atoms with Gasteiger partial charge in [-0.1, -0.05) is 6.42 Å². The van der Waals surface area contributed by atoms with Crippen LogP contribution in [0.1, 0.15) is 25.7 Å². The maximum Gasteiger partial charge on any atom is 0.140 e. The van der Waals surface area contributed by atoms with Gasteiger partial charge in [0.05, 0.1) is 6.07 Å². The number of nitriles is 1. The van der Waals surface area contributed by atoms with E-state index in [1.165, 1.54) is 0 Å². The van der Waals surface area contributed by atoms with Crippen molar-refractivity contribution in [3.63, 3.8) is 0 Å². The second-order valence-electron chi connectivity index (χ2n) is 2.28. The molecule has 1 unspecified atom stereocenters. The number of aliphatic hydroxyl groups is 1. The largest absolute Gasteiger partial charge is 0.378 e. The summed E-state index contributed by atoms with van der Waals surface area (Å²) in [4.78, 5) is 0. The first kappa shape index (κ1) is 9.41. The van der Waals surface area contributed by atoms with Crippen LogP contribution in [-0.2, 0) is 0 Å². The van der Waals surface area contributed by atoms with Crippen molar-refractivity contribution in [1.29, 1.82) is 5.26 Å². The third-order valence-corrected chi connectivity index (χ3v) is 1.33. The normalized spacial score (nSPS) is 12.5. The van der Waals surface area contributed by atoms with E-state index in [1.54, 1.807) is 6.07 Å². The molecule has 3 N–H and O–H groups in total. The van der Waals surface area contributed by atoms with Crippen LogP contribution in [0.5, 0.6) is 0 Å². The Kier molecular flexibility index (Phi) is 6.14. The van der Waals surface area contributed by atoms with Crippen LogP contribution in [0.15, 0.2) is 0 Å². The van der Waals surface area contributed by atoms with Crippen molar-refractivity contribution < 1.29 is 5.11 Å². The van der Waals surface area contributed by atoms with Gasteiger partial charge in [-0.25, -0.2) is 0 Å². The summed E-state index contributed by atoms with van der Waals surface area (Å²) in [6, 6.07) is 1.77. The maximum absolute atomic E-state index is 8.76. The smallest absolute Gasteiger partial charge is 0.140 e. The van der Waals surface area contributed by atoms with Crippen molar-refractivity contribution in [1.82, 2.24) is 0 Å². The highest BCUT2D eigenvalue weighted by Gasteiger charge is 1.98. The standard InChI is InChI=1S/C7H14N2O/c8-5-3-1-2-4-7(10)6-9/h7,10H,1-5,8H2. The fraction of sp³-hybridized carbons (Fsp3) is 0.857. The van der Waals surface area contributed by atoms with Crippen molar-refractivity contribution >= 4 is 0 Å². The molecule has 0 aliphatic heterocycles. The van der Waals surface area contributed by atoms with Gasteiger partial charge in [0.1, 0.15) is 6.10 Å². The average molecular weight is 142 g/mol. The Balaban J connectivity index is 2.98. The van der Waals surface area contributed by atoms with Gasteiger partial charge >= 0.3 is 0 Å². The van der Waals surface area contributed by atoms with Crippen LogP contribution in [0, 0.1) is 11.3 Å². The van der Waals surface area contributed by atoms with Gasteiger partial charge in [0.25, 0.3) is 0 Å². The minimum atomic E-state index is -0.780. The van der Waals surface area contributed by atoms with Crippen molar-refractivity contribution in [2.45, 2.75) is 31.8 Å². The van der Waals surface area contributed by atoms with E-state index in [0.29, 0.717) is 13.0 Å². The van der Waals surface area contributed by atoms with Crippen LogP contribution in [0.2, 0.25) is 0 Å². The van der Waals surface area contributed by atoms with Crippen LogP contribution in [0.4, 0.5) is 0 Å². The monoisotopic (exact) mass is 142 g/mol. The Morgan fingerprint density at radius 1 is 1.40 bits per heavy atom. The van der Waals surface area contributed by atoms with Crippen molar-refractivity contribution in [2.24, 2.45) is 5.73 Å². The molecule has 0 aliphatic rings. The van der Waals surface area contributed by atoms with Gasteiger partial charge in [0.15, 0.2) is 0 Å². The lowest BCUT2D eigenvalue weighted by atomic mass is 10.1. The van der Waals surface area contributed by atoms with Crippen LogP contribution >= 0.6 is 0 Å². The summed E-state index contributed by atoms with van der Waals surface area (Å²) in [6.07, 6.45) is 2.69. The second-order valence-corrected chi connectivity index (χ2v) is 2.28. The topological polar surface area (TPSA) is 70.0 Å². The summed E-state index contributed by atoms with van der Waals surface area (Å²) in [5.41, 5.74) is 5.25. The van der Waals surface area contributed by atoms with Gasteiger partial charge in [-0.15, -0.1) is 0 Å². The highest BCUT2D eigenvalue weighted by Crippen LogP contribution is 2.01. The molecule has 0 bridgehead atoms. The van der Waals surface area contributed by atoms with Crippen LogP contribution in [-0.4, -0.2) is 17.8 Å². The number of aliphatic hydroxyl groups excluding tert-OH is 1. The summed E-state index contributed by atoms with van der Waals surface area (Å²) >= 11 is 0. The number of nitrogens with two attached hydrogens (primary N) is 1. The lowest BCUT2D eigenvalue weighted by Gasteiger charge is -1.99. The number of unbranched alkanes of at least 4 members (excludes halogenated alkanes) is 2. The molecule has 0 aromatic heterocycles. The first-order valence-corrected chi connectivity index (χ1v) is 3.59. The third-order valence-electron chi connectivity index (χ3n) is 1.33. The molecule has 1 atom stereocenters. The highest BCUT2D eigenvalue weighted by atomic mass is 16.3. The predicted molar refractivity (Wildman–Crippen MR) is 39.1 cm³/mol. The molecule has 0 heterocycles. The van der Waals surface area contributed by atoms with E-state index < -0.39 is 6.10 Å². The quantitative estimate of drug-likeness (QED) is 0.431. The zero-order valence-corrected chi connectivity index (χ0v) is 6.08. The Morgan fingerprint density at radius 3 is 2.60 bits per heavy atom. The van der Waals surface area contributed by atoms with E-state index in [2.05, 4.69) is 0 Å². The van der Waals surface area contributed by atoms with Crippen molar-refractivity contribution in [2.75, 3.05) is 6.54 Å². The Morgan fingerprint density at radius 2 is 2.10 bits per heavy atom. The molecule has 0 aromatic carbocycles. The van der Waals surface area contributed by atoms with Crippen LogP contribution in [0.3, 0.4) is 0 Å². The second kappa shape index (κ2) is 6.53. The molecule has 3 nitrogen and oxygen atoms in total. The zero-order chi connectivity index (χ0) is 7.82.